The van der Waals surface area contributed by atoms with Gasteiger partial charge in [-0.3, -0.25) is 9.69 Å². The molecule has 2 aromatic carbocycles. The van der Waals surface area contributed by atoms with E-state index in [2.05, 4.69) is 14.7 Å². The van der Waals surface area contributed by atoms with Gasteiger partial charge in [0.2, 0.25) is 18.2 Å². The molecule has 11 nitrogen and oxygen atoms in total. The number of aromatic nitrogens is 2. The molecule has 2 atom stereocenters. The Morgan fingerprint density at radius 1 is 1.07 bits per heavy atom. The van der Waals surface area contributed by atoms with Crippen molar-refractivity contribution < 1.29 is 27.8 Å². The van der Waals surface area contributed by atoms with Crippen molar-refractivity contribution in [1.82, 2.24) is 19.8 Å². The number of rotatable bonds is 3. The highest BCUT2D eigenvalue weighted by Crippen LogP contribution is 2.30. The van der Waals surface area contributed by atoms with E-state index in [9.17, 15) is 18.3 Å². The Labute approximate surface area is 240 Å². The smallest absolute Gasteiger partial charge is 0.264 e. The molecule has 218 valence electrons. The van der Waals surface area contributed by atoms with Gasteiger partial charge >= 0.3 is 0 Å². The molecular weight excluding hydrogens is 546 g/mol. The topological polar surface area (TPSA) is 134 Å². The number of aryl methyl sites for hydroxylation is 2. The Hall–Kier alpha value is -3.58. The van der Waals surface area contributed by atoms with Crippen LogP contribution in [0, 0.1) is 13.8 Å². The number of aliphatic hydroxyl groups is 1. The number of nitrogens with one attached hydrogen (secondary N) is 1. The van der Waals surface area contributed by atoms with Gasteiger partial charge in [0, 0.05) is 36.8 Å². The minimum Gasteiger partial charge on any atom is -0.475 e. The van der Waals surface area contributed by atoms with Crippen molar-refractivity contribution in [2.75, 3.05) is 31.0 Å². The summed E-state index contributed by atoms with van der Waals surface area (Å²) in [5, 5.41) is 10.8. The molecule has 12 heteroatoms. The Morgan fingerprint density at radius 3 is 2.49 bits per heavy atom. The van der Waals surface area contributed by atoms with E-state index in [1.165, 1.54) is 18.2 Å². The number of nitrogens with zero attached hydrogens (tertiary/aromatic N) is 4. The maximum Gasteiger partial charge on any atom is 0.264 e. The first-order valence-corrected chi connectivity index (χ1v) is 14.9. The molecule has 3 aromatic rings. The maximum absolute atomic E-state index is 13.7. The summed E-state index contributed by atoms with van der Waals surface area (Å²) in [6.07, 6.45) is -1.17. The van der Waals surface area contributed by atoms with E-state index < -0.39 is 28.1 Å². The third-order valence-corrected chi connectivity index (χ3v) is 8.35. The molecule has 41 heavy (non-hydrogen) atoms. The SMILES string of the molecule is Cc1cccc(C)c1-c1cc2nc(n1)NS(=O)(=O)c1cccc(c1)C(=O)N1CCN(C(O)OC(C)(C)C)C[C@@H]1CO2. The molecule has 1 amide bonds. The fraction of sp³-hybridized carbons (Fsp3) is 0.414. The third kappa shape index (κ3) is 6.35. The molecule has 0 spiro atoms. The molecular formula is C29H35N5O6S. The molecule has 4 bridgehead atoms. The molecule has 2 aliphatic heterocycles. The lowest BCUT2D eigenvalue weighted by molar-refractivity contribution is -0.246. The number of fused-ring (bicyclic) bond motifs is 5. The van der Waals surface area contributed by atoms with Gasteiger partial charge in [-0.15, -0.1) is 0 Å². The number of piperazine rings is 1. The minimum absolute atomic E-state index is 0.0412. The van der Waals surface area contributed by atoms with Crippen molar-refractivity contribution in [1.29, 1.82) is 0 Å². The zero-order valence-electron chi connectivity index (χ0n) is 23.8. The van der Waals surface area contributed by atoms with Gasteiger partial charge in [0.1, 0.15) is 6.61 Å². The van der Waals surface area contributed by atoms with E-state index in [0.29, 0.717) is 12.2 Å². The van der Waals surface area contributed by atoms with Gasteiger partial charge in [-0.1, -0.05) is 24.3 Å². The van der Waals surface area contributed by atoms with Gasteiger partial charge in [0.25, 0.3) is 15.9 Å². The summed E-state index contributed by atoms with van der Waals surface area (Å²) in [4.78, 5) is 25.9. The summed E-state index contributed by atoms with van der Waals surface area (Å²) in [5.41, 5.74) is 2.91. The first kappa shape index (κ1) is 28.9. The van der Waals surface area contributed by atoms with Crippen LogP contribution in [0.4, 0.5) is 5.95 Å². The minimum atomic E-state index is -4.13. The van der Waals surface area contributed by atoms with Crippen LogP contribution in [0.5, 0.6) is 5.88 Å². The number of anilines is 1. The van der Waals surface area contributed by atoms with Crippen molar-refractivity contribution in [3.8, 4) is 17.1 Å². The number of sulfonamides is 1. The molecule has 5 rings (SSSR count). The van der Waals surface area contributed by atoms with E-state index in [1.54, 1.807) is 21.9 Å². The second-order valence-corrected chi connectivity index (χ2v) is 13.0. The fourth-order valence-electron chi connectivity index (χ4n) is 5.09. The molecule has 1 unspecified atom stereocenters. The van der Waals surface area contributed by atoms with Gasteiger partial charge in [-0.2, -0.15) is 4.98 Å². The maximum atomic E-state index is 13.7. The third-order valence-electron chi connectivity index (χ3n) is 7.03. The van der Waals surface area contributed by atoms with Crippen LogP contribution in [0.2, 0.25) is 0 Å². The highest BCUT2D eigenvalue weighted by atomic mass is 32.2. The summed E-state index contributed by atoms with van der Waals surface area (Å²) >= 11 is 0. The summed E-state index contributed by atoms with van der Waals surface area (Å²) in [6, 6.07) is 12.9. The monoisotopic (exact) mass is 581 g/mol. The Balaban J connectivity index is 1.58. The standard InChI is InChI=1S/C29H35N5O6S/c1-18-8-6-9-19(2)25(18)23-15-24-31-27(30-23)32-41(37,38)22-11-7-10-20(14-22)26(35)34-13-12-33(16-21(34)17-39-24)28(36)40-29(3,4)5/h6-11,14-15,21,28,36H,12-13,16-17H2,1-5H3,(H,30,31,32)/t21-,28?/m1/s1. The van der Waals surface area contributed by atoms with Crippen LogP contribution in [0.25, 0.3) is 11.3 Å². The van der Waals surface area contributed by atoms with Crippen LogP contribution in [0.3, 0.4) is 0 Å². The molecule has 0 radical (unpaired) electrons. The Kier molecular flexibility index (Phi) is 7.77. The van der Waals surface area contributed by atoms with E-state index in [4.69, 9.17) is 9.47 Å². The fourth-order valence-corrected chi connectivity index (χ4v) is 6.08. The molecule has 2 aliphatic rings. The molecule has 1 aromatic heterocycles. The zero-order chi connectivity index (χ0) is 29.5. The number of benzene rings is 2. The van der Waals surface area contributed by atoms with Gasteiger partial charge in [-0.25, -0.2) is 18.1 Å². The molecule has 3 heterocycles. The number of aliphatic hydroxyl groups excluding tert-OH is 1. The summed E-state index contributed by atoms with van der Waals surface area (Å²) in [5.74, 6) is -0.334. The van der Waals surface area contributed by atoms with E-state index >= 15 is 0 Å². The number of amides is 1. The first-order valence-electron chi connectivity index (χ1n) is 13.4. The van der Waals surface area contributed by atoms with Gasteiger partial charge < -0.3 is 19.5 Å². The molecule has 2 N–H and O–H groups in total. The van der Waals surface area contributed by atoms with Crippen molar-refractivity contribution >= 4 is 21.9 Å². The summed E-state index contributed by atoms with van der Waals surface area (Å²) in [7, 11) is -4.13. The van der Waals surface area contributed by atoms with Crippen LogP contribution in [0.15, 0.2) is 53.4 Å². The zero-order valence-corrected chi connectivity index (χ0v) is 24.6. The van der Waals surface area contributed by atoms with E-state index in [0.717, 1.165) is 16.7 Å². The van der Waals surface area contributed by atoms with Crippen LogP contribution in [-0.2, 0) is 14.8 Å². The highest BCUT2D eigenvalue weighted by molar-refractivity contribution is 7.92. The van der Waals surface area contributed by atoms with Gasteiger partial charge in [0.15, 0.2) is 0 Å². The van der Waals surface area contributed by atoms with Crippen molar-refractivity contribution in [3.05, 3.63) is 65.2 Å². The number of carbonyl (C=O) groups excluding carboxylic acids is 1. The molecule has 1 fully saturated rings. The van der Waals surface area contributed by atoms with E-state index in [1.807, 2.05) is 52.8 Å². The van der Waals surface area contributed by atoms with Crippen LogP contribution in [-0.4, -0.2) is 83.5 Å². The van der Waals surface area contributed by atoms with Crippen LogP contribution in [0.1, 0.15) is 42.3 Å². The predicted molar refractivity (Wildman–Crippen MR) is 153 cm³/mol. The number of ether oxygens (including phenoxy) is 2. The van der Waals surface area contributed by atoms with Crippen molar-refractivity contribution in [3.63, 3.8) is 0 Å². The molecule has 0 aliphatic carbocycles. The van der Waals surface area contributed by atoms with Gasteiger partial charge in [-0.05, 0) is 63.9 Å². The largest absolute Gasteiger partial charge is 0.475 e. The normalized spacial score (nSPS) is 20.0. The molecule has 0 saturated carbocycles. The summed E-state index contributed by atoms with van der Waals surface area (Å²) in [6.45, 7) is 10.4. The number of carbonyl (C=O) groups is 1. The second kappa shape index (κ2) is 11.0. The average molecular weight is 582 g/mol. The first-order chi connectivity index (χ1) is 19.3. The molecule has 1 saturated heterocycles. The van der Waals surface area contributed by atoms with Crippen LogP contribution < -0.4 is 9.46 Å². The average Bonchev–Trinajstić information content (AvgIpc) is 2.90. The Bertz CT molecular complexity index is 1550. The van der Waals surface area contributed by atoms with Crippen LogP contribution >= 0.6 is 0 Å². The predicted octanol–water partition coefficient (Wildman–Crippen LogP) is 3.17. The lowest BCUT2D eigenvalue weighted by Crippen LogP contribution is -2.60. The lowest BCUT2D eigenvalue weighted by atomic mass is 10.00. The second-order valence-electron chi connectivity index (χ2n) is 11.3. The highest BCUT2D eigenvalue weighted by Gasteiger charge is 2.36. The van der Waals surface area contributed by atoms with Gasteiger partial charge in [0.05, 0.1) is 22.2 Å². The van der Waals surface area contributed by atoms with Crippen molar-refractivity contribution in [2.24, 2.45) is 0 Å². The lowest BCUT2D eigenvalue weighted by Gasteiger charge is -2.43. The van der Waals surface area contributed by atoms with E-state index in [-0.39, 0.29) is 47.9 Å². The quantitative estimate of drug-likeness (QED) is 0.447. The summed E-state index contributed by atoms with van der Waals surface area (Å²) < 4.78 is 41.1. The number of hydrogen-bond donors (Lipinski definition) is 2. The number of hydrogen-bond acceptors (Lipinski definition) is 9. The van der Waals surface area contributed by atoms with Crippen molar-refractivity contribution in [2.45, 2.75) is 57.6 Å². The Morgan fingerprint density at radius 2 is 1.78 bits per heavy atom.